The van der Waals surface area contributed by atoms with Crippen molar-refractivity contribution < 1.29 is 46.3 Å². The zero-order valence-electron chi connectivity index (χ0n) is 11.8. The van der Waals surface area contributed by atoms with E-state index >= 15 is 0 Å². The van der Waals surface area contributed by atoms with Crippen molar-refractivity contribution in [2.75, 3.05) is 10.4 Å². The zero-order valence-corrected chi connectivity index (χ0v) is 16.7. The van der Waals surface area contributed by atoms with Gasteiger partial charge < -0.3 is 9.22 Å². The first kappa shape index (κ1) is 19.6. The maximum atomic E-state index is 11.5. The molecule has 1 radical (unpaired) electrons. The Balaban J connectivity index is 0.00000242. The summed E-state index contributed by atoms with van der Waals surface area (Å²) in [4.78, 5) is 11.5. The first-order valence-corrected chi connectivity index (χ1v) is 8.08. The van der Waals surface area contributed by atoms with E-state index in [-0.39, 0.29) is 44.9 Å². The molecule has 2 aromatic rings. The minimum atomic E-state index is -2.32. The Kier molecular flexibility index (Phi) is 8.59. The molecule has 2 atom stereocenters. The first-order valence-electron chi connectivity index (χ1n) is 6.32. The molecule has 2 aromatic carbocycles. The van der Waals surface area contributed by atoms with Crippen LogP contribution in [0.3, 0.4) is 0 Å². The van der Waals surface area contributed by atoms with Crippen LogP contribution in [0.1, 0.15) is 5.56 Å². The predicted molar refractivity (Wildman–Crippen MR) is 87.2 cm³/mol. The van der Waals surface area contributed by atoms with Gasteiger partial charge in [-0.15, -0.1) is 0 Å². The van der Waals surface area contributed by atoms with Gasteiger partial charge in [-0.3, -0.25) is 9.00 Å². The van der Waals surface area contributed by atoms with Crippen molar-refractivity contribution in [3.63, 3.8) is 0 Å². The second-order valence-corrected chi connectivity index (χ2v) is 5.95. The smallest absolute Gasteiger partial charge is 0.148 e. The molecular weight excluding hydrogens is 394 g/mol. The number of ketones is 1. The molecule has 2 unspecified atom stereocenters. The number of benzene rings is 2. The molecule has 0 saturated heterocycles. The first-order chi connectivity index (χ1) is 10.1. The Labute approximate surface area is 160 Å². The summed E-state index contributed by atoms with van der Waals surface area (Å²) in [5.41, 5.74) is 2.81. The van der Waals surface area contributed by atoms with Gasteiger partial charge in [0.2, 0.25) is 0 Å². The van der Waals surface area contributed by atoms with Gasteiger partial charge in [0.1, 0.15) is 5.78 Å². The topological polar surface area (TPSA) is 60.4 Å². The second-order valence-electron chi connectivity index (χ2n) is 4.54. The van der Waals surface area contributed by atoms with Gasteiger partial charge in [0.25, 0.3) is 0 Å². The average Bonchev–Trinajstić information content (AvgIpc) is 2.47. The van der Waals surface area contributed by atoms with E-state index < -0.39 is 16.8 Å². The molecule has 0 fully saturated rings. The van der Waals surface area contributed by atoms with Gasteiger partial charge in [0, 0.05) is 50.5 Å². The van der Waals surface area contributed by atoms with Crippen molar-refractivity contribution in [2.45, 2.75) is 6.42 Å². The molecule has 0 heterocycles. The van der Waals surface area contributed by atoms with Crippen molar-refractivity contribution in [1.82, 2.24) is 0 Å². The van der Waals surface area contributed by atoms with Gasteiger partial charge in [-0.2, -0.15) is 0 Å². The number of Topliss-reactive ketones (excluding diaryl/α,β-unsaturated/α-hetero) is 1. The van der Waals surface area contributed by atoms with Crippen molar-refractivity contribution in [2.24, 2.45) is 0 Å². The van der Waals surface area contributed by atoms with Crippen LogP contribution in [-0.4, -0.2) is 20.3 Å². The fourth-order valence-electron chi connectivity index (χ4n) is 1.92. The van der Waals surface area contributed by atoms with E-state index in [9.17, 15) is 13.6 Å². The summed E-state index contributed by atoms with van der Waals surface area (Å²) in [5.74, 6) is -0.733. The Morgan fingerprint density at radius 1 is 1.05 bits per heavy atom. The van der Waals surface area contributed by atoms with Crippen LogP contribution in [-0.2, 0) is 55.0 Å². The quantitative estimate of drug-likeness (QED) is 0.544. The molecule has 113 valence electrons. The normalized spacial score (nSPS) is 11.4. The summed E-state index contributed by atoms with van der Waals surface area (Å²) in [6.07, 6.45) is 0.135. The number of nitrogens with zero attached hydrogens (tertiary/aromatic N) is 1. The molecule has 0 saturated carbocycles. The van der Waals surface area contributed by atoms with E-state index in [1.54, 1.807) is 0 Å². The molecule has 0 bridgehead atoms. The van der Waals surface area contributed by atoms with Crippen molar-refractivity contribution in [1.29, 1.82) is 0 Å². The van der Waals surface area contributed by atoms with Crippen LogP contribution in [0.25, 0.3) is 0 Å². The SMILES string of the molecule is O=C(Cc1ccc(N(P)c2ccccc2)cc1)CS(=O)[O-].[Y]. The monoisotopic (exact) mass is 409 g/mol. The minimum Gasteiger partial charge on any atom is -0.772 e. The predicted octanol–water partition coefficient (Wildman–Crippen LogP) is 2.60. The van der Waals surface area contributed by atoms with E-state index in [1.165, 1.54) is 0 Å². The van der Waals surface area contributed by atoms with E-state index in [0.717, 1.165) is 16.9 Å². The number of para-hydroxylation sites is 1. The van der Waals surface area contributed by atoms with Crippen LogP contribution < -0.4 is 4.67 Å². The summed E-state index contributed by atoms with van der Waals surface area (Å²) >= 11 is -2.32. The molecule has 0 aromatic heterocycles. The molecule has 0 aliphatic heterocycles. The molecule has 0 aliphatic rings. The molecular formula is C15H15NO3PSY-. The van der Waals surface area contributed by atoms with Gasteiger partial charge in [0.05, 0.1) is 5.75 Å². The van der Waals surface area contributed by atoms with Gasteiger partial charge in [-0.1, -0.05) is 30.3 Å². The van der Waals surface area contributed by atoms with Crippen molar-refractivity contribution >= 4 is 37.6 Å². The number of hydrogen-bond donors (Lipinski definition) is 0. The molecule has 7 heteroatoms. The number of hydrogen-bond acceptors (Lipinski definition) is 4. The third kappa shape index (κ3) is 5.98. The van der Waals surface area contributed by atoms with Gasteiger partial charge in [0.15, 0.2) is 0 Å². The van der Waals surface area contributed by atoms with E-state index in [1.807, 2.05) is 59.3 Å². The van der Waals surface area contributed by atoms with Crippen LogP contribution in [0.4, 0.5) is 11.4 Å². The Morgan fingerprint density at radius 2 is 1.59 bits per heavy atom. The molecule has 0 amide bonds. The largest absolute Gasteiger partial charge is 0.772 e. The maximum Gasteiger partial charge on any atom is 0.148 e. The molecule has 22 heavy (non-hydrogen) atoms. The van der Waals surface area contributed by atoms with E-state index in [2.05, 4.69) is 9.39 Å². The Hall–Kier alpha value is -0.446. The Morgan fingerprint density at radius 3 is 2.14 bits per heavy atom. The fraction of sp³-hybridized carbons (Fsp3) is 0.133. The maximum absolute atomic E-state index is 11.5. The molecule has 4 nitrogen and oxygen atoms in total. The Bertz CT molecular complexity index is 637. The van der Waals surface area contributed by atoms with Crippen LogP contribution in [0.5, 0.6) is 0 Å². The number of rotatable bonds is 6. The summed E-state index contributed by atoms with van der Waals surface area (Å²) in [7, 11) is 2.64. The van der Waals surface area contributed by atoms with Gasteiger partial charge in [-0.05, 0) is 50.3 Å². The van der Waals surface area contributed by atoms with Crippen LogP contribution in [0, 0.1) is 0 Å². The summed E-state index contributed by atoms with van der Waals surface area (Å²) in [6, 6.07) is 17.3. The molecule has 0 spiro atoms. The van der Waals surface area contributed by atoms with E-state index in [4.69, 9.17) is 0 Å². The molecule has 0 N–H and O–H groups in total. The molecule has 0 aliphatic carbocycles. The average molecular weight is 409 g/mol. The zero-order chi connectivity index (χ0) is 15.2. The van der Waals surface area contributed by atoms with E-state index in [0.29, 0.717) is 0 Å². The number of carbonyl (C=O) groups is 1. The molecule has 2 rings (SSSR count). The number of carbonyl (C=O) groups excluding carboxylic acids is 1. The standard InChI is InChI=1S/C15H16NO3PS.Y/c17-15(11-21(18)19)10-12-6-8-14(9-7-12)16(20)13-4-2-1-3-5-13;/h1-9H,10-11,20H2,(H,18,19);/p-1. The third-order valence-corrected chi connectivity index (χ3v) is 4.08. The summed E-state index contributed by atoms with van der Waals surface area (Å²) in [6.45, 7) is 0. The third-order valence-electron chi connectivity index (χ3n) is 2.93. The van der Waals surface area contributed by atoms with Crippen LogP contribution in [0.2, 0.25) is 0 Å². The van der Waals surface area contributed by atoms with Crippen LogP contribution >= 0.6 is 9.39 Å². The van der Waals surface area contributed by atoms with Gasteiger partial charge >= 0.3 is 0 Å². The fourth-order valence-corrected chi connectivity index (χ4v) is 2.63. The van der Waals surface area contributed by atoms with Crippen molar-refractivity contribution in [3.8, 4) is 0 Å². The summed E-state index contributed by atoms with van der Waals surface area (Å²) in [5, 5.41) is 0. The second kappa shape index (κ2) is 9.64. The number of anilines is 2. The van der Waals surface area contributed by atoms with Crippen molar-refractivity contribution in [3.05, 3.63) is 60.2 Å². The minimum absolute atomic E-state index is 0. The summed E-state index contributed by atoms with van der Waals surface area (Å²) < 4.78 is 22.9. The van der Waals surface area contributed by atoms with Gasteiger partial charge in [-0.25, -0.2) is 0 Å². The van der Waals surface area contributed by atoms with Crippen LogP contribution in [0.15, 0.2) is 54.6 Å².